The highest BCUT2D eigenvalue weighted by Crippen LogP contribution is 2.00. The number of carbonyl (C=O) groups excluding carboxylic acids is 1. The van der Waals surface area contributed by atoms with Gasteiger partial charge in [0.2, 0.25) is 0 Å². The quantitative estimate of drug-likeness (QED) is 0.0959. The lowest BCUT2D eigenvalue weighted by molar-refractivity contribution is -0.0274. The van der Waals surface area contributed by atoms with Gasteiger partial charge in [0.05, 0.1) is 145 Å². The van der Waals surface area contributed by atoms with Crippen LogP contribution in [0.4, 0.5) is 4.79 Å². The average Bonchev–Trinajstić information content (AvgIpc) is 3.11. The fourth-order valence-corrected chi connectivity index (χ4v) is 3.47. The van der Waals surface area contributed by atoms with Gasteiger partial charge in [-0.15, -0.1) is 0 Å². The van der Waals surface area contributed by atoms with Crippen LogP contribution < -0.4 is 10.6 Å². The molecule has 0 unspecified atom stereocenters. The van der Waals surface area contributed by atoms with Crippen LogP contribution in [0.2, 0.25) is 0 Å². The number of amides is 1. The van der Waals surface area contributed by atoms with E-state index in [1.54, 1.807) is 0 Å². The Morgan fingerprint density at radius 2 is 0.729 bits per heavy atom. The minimum Gasteiger partial charge on any atom is -0.445 e. The highest BCUT2D eigenvalue weighted by atomic mass is 16.6. The molecule has 0 spiro atoms. The first-order chi connectivity index (χ1) is 23.8. The second-order valence-electron chi connectivity index (χ2n) is 9.83. The van der Waals surface area contributed by atoms with E-state index >= 15 is 0 Å². The first-order valence-electron chi connectivity index (χ1n) is 16.8. The Kier molecular flexibility index (Phi) is 34.7. The zero-order valence-electron chi connectivity index (χ0n) is 28.9. The normalized spacial score (nSPS) is 11.3. The SMILES string of the molecule is CNCCOCCOCCOCCOCCOCCOCCOCCOCCOCCOCCOCCNC(=O)OCc1ccccc1. The molecule has 1 rings (SSSR count). The van der Waals surface area contributed by atoms with Gasteiger partial charge in [-0.05, 0) is 12.6 Å². The van der Waals surface area contributed by atoms with Crippen molar-refractivity contribution in [3.63, 3.8) is 0 Å². The predicted molar refractivity (Wildman–Crippen MR) is 178 cm³/mol. The predicted octanol–water partition coefficient (Wildman–Crippen LogP) is 1.31. The Hall–Kier alpha value is -1.99. The van der Waals surface area contributed by atoms with E-state index in [9.17, 15) is 4.79 Å². The van der Waals surface area contributed by atoms with E-state index in [2.05, 4.69) is 10.6 Å². The number of likely N-dealkylation sites (N-methyl/N-ethyl adjacent to an activating group) is 1. The van der Waals surface area contributed by atoms with E-state index in [4.69, 9.17) is 56.8 Å². The van der Waals surface area contributed by atoms with Crippen LogP contribution in [0.15, 0.2) is 30.3 Å². The first kappa shape index (κ1) is 44.0. The van der Waals surface area contributed by atoms with Gasteiger partial charge in [-0.2, -0.15) is 0 Å². The minimum absolute atomic E-state index is 0.238. The number of ether oxygens (including phenoxy) is 12. The fourth-order valence-electron chi connectivity index (χ4n) is 3.47. The summed E-state index contributed by atoms with van der Waals surface area (Å²) < 4.78 is 65.1. The molecule has 0 aliphatic carbocycles. The maximum Gasteiger partial charge on any atom is 0.407 e. The number of hydrogen-bond acceptors (Lipinski definition) is 14. The van der Waals surface area contributed by atoms with Gasteiger partial charge in [-0.1, -0.05) is 30.3 Å². The summed E-state index contributed by atoms with van der Waals surface area (Å²) in [6, 6.07) is 9.51. The number of rotatable bonds is 38. The highest BCUT2D eigenvalue weighted by molar-refractivity contribution is 5.67. The Labute approximate surface area is 286 Å². The Bertz CT molecular complexity index is 783. The van der Waals surface area contributed by atoms with Gasteiger partial charge >= 0.3 is 6.09 Å². The number of carbonyl (C=O) groups is 1. The van der Waals surface area contributed by atoms with Crippen molar-refractivity contribution in [3.8, 4) is 0 Å². The third kappa shape index (κ3) is 33.9. The van der Waals surface area contributed by atoms with Crippen LogP contribution in [0.3, 0.4) is 0 Å². The second kappa shape index (κ2) is 37.8. The van der Waals surface area contributed by atoms with E-state index in [1.807, 2.05) is 37.4 Å². The molecular formula is C33H60N2O13. The Morgan fingerprint density at radius 1 is 0.438 bits per heavy atom. The Morgan fingerprint density at radius 3 is 1.04 bits per heavy atom. The molecule has 1 aromatic carbocycles. The highest BCUT2D eigenvalue weighted by Gasteiger charge is 2.02. The topological polar surface area (TPSA) is 152 Å². The largest absolute Gasteiger partial charge is 0.445 e. The zero-order chi connectivity index (χ0) is 34.3. The molecular weight excluding hydrogens is 632 g/mol. The zero-order valence-corrected chi connectivity index (χ0v) is 28.9. The molecule has 0 saturated heterocycles. The average molecular weight is 693 g/mol. The summed E-state index contributed by atoms with van der Waals surface area (Å²) in [5.41, 5.74) is 0.938. The van der Waals surface area contributed by atoms with Crippen molar-refractivity contribution in [2.24, 2.45) is 0 Å². The van der Waals surface area contributed by atoms with Crippen LogP contribution in [-0.2, 0) is 63.4 Å². The van der Waals surface area contributed by atoms with Crippen LogP contribution in [0.25, 0.3) is 0 Å². The van der Waals surface area contributed by atoms with Crippen molar-refractivity contribution >= 4 is 6.09 Å². The molecule has 0 heterocycles. The van der Waals surface area contributed by atoms with E-state index in [0.29, 0.717) is 152 Å². The smallest absolute Gasteiger partial charge is 0.407 e. The standard InChI is InChI=1S/C33H60N2O13/c1-34-7-9-37-11-13-39-15-17-41-19-21-43-23-25-45-27-29-47-30-28-46-26-24-44-22-20-42-18-16-40-14-12-38-10-8-35-33(36)48-31-32-5-3-2-4-6-32/h2-6,34H,7-31H2,1H3,(H,35,36). The lowest BCUT2D eigenvalue weighted by Crippen LogP contribution is -2.28. The van der Waals surface area contributed by atoms with E-state index in [-0.39, 0.29) is 6.61 Å². The molecule has 0 saturated carbocycles. The third-order valence-electron chi connectivity index (χ3n) is 5.94. The summed E-state index contributed by atoms with van der Waals surface area (Å²) in [4.78, 5) is 11.6. The van der Waals surface area contributed by atoms with Crippen molar-refractivity contribution in [2.75, 3.05) is 165 Å². The number of alkyl carbamates (subject to hydrolysis) is 1. The number of hydrogen-bond donors (Lipinski definition) is 2. The summed E-state index contributed by atoms with van der Waals surface area (Å²) >= 11 is 0. The molecule has 0 radical (unpaired) electrons. The lowest BCUT2D eigenvalue weighted by Gasteiger charge is -2.09. The van der Waals surface area contributed by atoms with Crippen molar-refractivity contribution < 1.29 is 61.6 Å². The molecule has 0 bridgehead atoms. The van der Waals surface area contributed by atoms with Gasteiger partial charge in [-0.3, -0.25) is 0 Å². The number of nitrogens with one attached hydrogen (secondary N) is 2. The van der Waals surface area contributed by atoms with Crippen LogP contribution in [0, 0.1) is 0 Å². The van der Waals surface area contributed by atoms with Crippen LogP contribution in [-0.4, -0.2) is 172 Å². The molecule has 2 N–H and O–H groups in total. The monoisotopic (exact) mass is 692 g/mol. The fraction of sp³-hybridized carbons (Fsp3) is 0.788. The van der Waals surface area contributed by atoms with Crippen molar-refractivity contribution in [3.05, 3.63) is 35.9 Å². The van der Waals surface area contributed by atoms with Crippen LogP contribution in [0.5, 0.6) is 0 Å². The van der Waals surface area contributed by atoms with Crippen molar-refractivity contribution in [2.45, 2.75) is 6.61 Å². The van der Waals surface area contributed by atoms with Gasteiger partial charge in [0.25, 0.3) is 0 Å². The molecule has 0 aromatic heterocycles. The second-order valence-corrected chi connectivity index (χ2v) is 9.83. The summed E-state index contributed by atoms with van der Waals surface area (Å²) in [5, 5.41) is 5.66. The van der Waals surface area contributed by atoms with E-state index in [1.165, 1.54) is 0 Å². The summed E-state index contributed by atoms with van der Waals surface area (Å²) in [6.45, 7) is 12.6. The summed E-state index contributed by atoms with van der Waals surface area (Å²) in [7, 11) is 1.89. The molecule has 0 fully saturated rings. The molecule has 280 valence electrons. The van der Waals surface area contributed by atoms with Crippen LogP contribution in [0.1, 0.15) is 5.56 Å². The number of benzene rings is 1. The lowest BCUT2D eigenvalue weighted by atomic mass is 10.2. The van der Waals surface area contributed by atoms with Crippen LogP contribution >= 0.6 is 0 Å². The molecule has 0 aliphatic heterocycles. The van der Waals surface area contributed by atoms with Gasteiger partial charge < -0.3 is 67.5 Å². The molecule has 15 nitrogen and oxygen atoms in total. The molecule has 0 atom stereocenters. The maximum atomic E-state index is 11.6. The van der Waals surface area contributed by atoms with Gasteiger partial charge in [0.15, 0.2) is 0 Å². The molecule has 0 aliphatic rings. The van der Waals surface area contributed by atoms with Gasteiger partial charge in [0.1, 0.15) is 6.61 Å². The molecule has 15 heteroatoms. The third-order valence-corrected chi connectivity index (χ3v) is 5.94. The minimum atomic E-state index is -0.469. The molecule has 1 amide bonds. The van der Waals surface area contributed by atoms with E-state index < -0.39 is 6.09 Å². The summed E-state index contributed by atoms with van der Waals surface area (Å²) in [6.07, 6.45) is -0.469. The molecule has 1 aromatic rings. The first-order valence-corrected chi connectivity index (χ1v) is 16.8. The van der Waals surface area contributed by atoms with Crippen molar-refractivity contribution in [1.29, 1.82) is 0 Å². The van der Waals surface area contributed by atoms with E-state index in [0.717, 1.165) is 12.1 Å². The summed E-state index contributed by atoms with van der Waals surface area (Å²) in [5.74, 6) is 0. The maximum absolute atomic E-state index is 11.6. The van der Waals surface area contributed by atoms with Crippen molar-refractivity contribution in [1.82, 2.24) is 10.6 Å². The Balaban J connectivity index is 1.63. The van der Waals surface area contributed by atoms with Gasteiger partial charge in [-0.25, -0.2) is 4.79 Å². The van der Waals surface area contributed by atoms with Gasteiger partial charge in [0, 0.05) is 13.1 Å². The molecule has 48 heavy (non-hydrogen) atoms.